The zero-order chi connectivity index (χ0) is 24.7. The minimum absolute atomic E-state index is 0.225. The molecule has 0 atom stereocenters. The van der Waals surface area contributed by atoms with Gasteiger partial charge in [-0.05, 0) is 24.3 Å². The number of hydrogen-bond donors (Lipinski definition) is 2. The molecule has 0 spiro atoms. The number of nitrogen functional groups attached to an aromatic ring is 1. The first-order valence-corrected chi connectivity index (χ1v) is 10.5. The Morgan fingerprint density at radius 2 is 2.09 bits per heavy atom. The summed E-state index contributed by atoms with van der Waals surface area (Å²) in [5.41, 5.74) is 7.99. The highest BCUT2D eigenvalue weighted by molar-refractivity contribution is 6.09. The standard InChI is InChI=1S/C22H20F2N8O3/c1-35-17-4-3-13(25)7-14(17)19-16(9-31(29-19)10-18(33)30-11-22(23,24)12-30)28-21(34)15-8-27-32-6-2-5-26-20(15)32/h2-9H,10-12,25H2,1H3,(H,28,34). The number of methoxy groups -OCH3 is 1. The van der Waals surface area contributed by atoms with Gasteiger partial charge in [0.2, 0.25) is 5.91 Å². The summed E-state index contributed by atoms with van der Waals surface area (Å²) in [6.45, 7) is -1.55. The third kappa shape index (κ3) is 4.23. The number of rotatable bonds is 6. The topological polar surface area (TPSA) is 133 Å². The van der Waals surface area contributed by atoms with Gasteiger partial charge in [0.05, 0.1) is 32.1 Å². The number of ether oxygens (including phenoxy) is 1. The van der Waals surface area contributed by atoms with Crippen molar-refractivity contribution >= 4 is 28.8 Å². The normalized spacial score (nSPS) is 14.5. The van der Waals surface area contributed by atoms with Crippen molar-refractivity contribution in [1.82, 2.24) is 29.3 Å². The zero-order valence-electron chi connectivity index (χ0n) is 18.5. The fourth-order valence-electron chi connectivity index (χ4n) is 3.81. The van der Waals surface area contributed by atoms with E-state index in [0.29, 0.717) is 22.6 Å². The lowest BCUT2D eigenvalue weighted by molar-refractivity contribution is -0.166. The van der Waals surface area contributed by atoms with Gasteiger partial charge in [0, 0.05) is 29.8 Å². The van der Waals surface area contributed by atoms with Crippen molar-refractivity contribution in [2.75, 3.05) is 31.2 Å². The van der Waals surface area contributed by atoms with Gasteiger partial charge in [0.25, 0.3) is 11.8 Å². The van der Waals surface area contributed by atoms with Crippen LogP contribution in [0.5, 0.6) is 5.75 Å². The maximum absolute atomic E-state index is 13.2. The Morgan fingerprint density at radius 1 is 1.29 bits per heavy atom. The van der Waals surface area contributed by atoms with Crippen molar-refractivity contribution in [3.8, 4) is 17.0 Å². The van der Waals surface area contributed by atoms with Crippen molar-refractivity contribution in [1.29, 1.82) is 0 Å². The van der Waals surface area contributed by atoms with E-state index in [1.54, 1.807) is 36.7 Å². The number of fused-ring (bicyclic) bond motifs is 1. The van der Waals surface area contributed by atoms with Crippen molar-refractivity contribution in [2.24, 2.45) is 0 Å². The summed E-state index contributed by atoms with van der Waals surface area (Å²) in [7, 11) is 1.47. The van der Waals surface area contributed by atoms with Crippen LogP contribution in [-0.4, -0.2) is 67.2 Å². The van der Waals surface area contributed by atoms with Crippen LogP contribution in [0.1, 0.15) is 10.4 Å². The molecule has 3 aromatic heterocycles. The van der Waals surface area contributed by atoms with E-state index in [2.05, 4.69) is 20.5 Å². The Labute approximate surface area is 197 Å². The molecule has 0 bridgehead atoms. The second-order valence-electron chi connectivity index (χ2n) is 8.05. The Kier molecular flexibility index (Phi) is 5.30. The lowest BCUT2D eigenvalue weighted by atomic mass is 10.1. The number of aromatic nitrogens is 5. The number of carbonyl (C=O) groups excluding carboxylic acids is 2. The lowest BCUT2D eigenvalue weighted by Crippen LogP contribution is -2.59. The predicted octanol–water partition coefficient (Wildman–Crippen LogP) is 1.91. The summed E-state index contributed by atoms with van der Waals surface area (Å²) >= 11 is 0. The number of nitrogens with one attached hydrogen (secondary N) is 1. The first-order chi connectivity index (χ1) is 16.7. The third-order valence-corrected chi connectivity index (χ3v) is 5.51. The smallest absolute Gasteiger partial charge is 0.282 e. The highest BCUT2D eigenvalue weighted by Gasteiger charge is 2.46. The van der Waals surface area contributed by atoms with Gasteiger partial charge >= 0.3 is 0 Å². The molecule has 0 aliphatic carbocycles. The molecule has 1 aliphatic heterocycles. The van der Waals surface area contributed by atoms with Crippen LogP contribution in [0.25, 0.3) is 16.9 Å². The fourth-order valence-corrected chi connectivity index (χ4v) is 3.81. The van der Waals surface area contributed by atoms with E-state index in [-0.39, 0.29) is 23.5 Å². The quantitative estimate of drug-likeness (QED) is 0.401. The molecular formula is C22H20F2N8O3. The predicted molar refractivity (Wildman–Crippen MR) is 121 cm³/mol. The van der Waals surface area contributed by atoms with Gasteiger partial charge in [-0.2, -0.15) is 10.2 Å². The highest BCUT2D eigenvalue weighted by atomic mass is 19.3. The molecule has 35 heavy (non-hydrogen) atoms. The van der Waals surface area contributed by atoms with E-state index in [0.717, 1.165) is 4.90 Å². The maximum atomic E-state index is 13.2. The molecule has 180 valence electrons. The lowest BCUT2D eigenvalue weighted by Gasteiger charge is -2.38. The van der Waals surface area contributed by atoms with Gasteiger partial charge in [-0.25, -0.2) is 18.3 Å². The summed E-state index contributed by atoms with van der Waals surface area (Å²) in [4.78, 5) is 30.8. The minimum atomic E-state index is -2.87. The van der Waals surface area contributed by atoms with Crippen LogP contribution < -0.4 is 15.8 Å². The SMILES string of the molecule is COc1ccc(N)cc1-c1nn(CC(=O)N2CC(F)(F)C2)cc1NC(=O)c1cnn2cccnc12. The molecule has 4 aromatic rings. The van der Waals surface area contributed by atoms with Gasteiger partial charge in [0.1, 0.15) is 23.6 Å². The van der Waals surface area contributed by atoms with Gasteiger partial charge in [-0.3, -0.25) is 14.3 Å². The zero-order valence-corrected chi connectivity index (χ0v) is 18.5. The molecule has 0 unspecified atom stereocenters. The molecule has 11 nitrogen and oxygen atoms in total. The number of amides is 2. The number of carbonyl (C=O) groups is 2. The fraction of sp³-hybridized carbons (Fsp3) is 0.227. The monoisotopic (exact) mass is 482 g/mol. The van der Waals surface area contributed by atoms with Gasteiger partial charge in [-0.1, -0.05) is 0 Å². The summed E-state index contributed by atoms with van der Waals surface area (Å²) in [6.07, 6.45) is 6.03. The average Bonchev–Trinajstić information content (AvgIpc) is 3.41. The molecule has 1 saturated heterocycles. The first kappa shape index (κ1) is 22.3. The summed E-state index contributed by atoms with van der Waals surface area (Å²) in [6, 6.07) is 6.60. The van der Waals surface area contributed by atoms with E-state index < -0.39 is 30.8 Å². The van der Waals surface area contributed by atoms with Crippen molar-refractivity contribution in [2.45, 2.75) is 12.5 Å². The van der Waals surface area contributed by atoms with Crippen LogP contribution in [0.15, 0.2) is 49.1 Å². The summed E-state index contributed by atoms with van der Waals surface area (Å²) in [5, 5.41) is 11.3. The van der Waals surface area contributed by atoms with Crippen molar-refractivity contribution < 1.29 is 23.1 Å². The number of anilines is 2. The summed E-state index contributed by atoms with van der Waals surface area (Å²) < 4.78 is 34.5. The van der Waals surface area contributed by atoms with Crippen LogP contribution in [-0.2, 0) is 11.3 Å². The third-order valence-electron chi connectivity index (χ3n) is 5.51. The van der Waals surface area contributed by atoms with Crippen molar-refractivity contribution in [3.63, 3.8) is 0 Å². The molecule has 1 aliphatic rings. The number of benzene rings is 1. The molecule has 2 amide bonds. The Bertz CT molecular complexity index is 1440. The second kappa shape index (κ2) is 8.34. The van der Waals surface area contributed by atoms with E-state index in [9.17, 15) is 18.4 Å². The number of likely N-dealkylation sites (tertiary alicyclic amines) is 1. The molecule has 4 heterocycles. The molecular weight excluding hydrogens is 462 g/mol. The van der Waals surface area contributed by atoms with Gasteiger partial charge < -0.3 is 20.7 Å². The maximum Gasteiger partial charge on any atom is 0.282 e. The molecule has 13 heteroatoms. The Hall–Kier alpha value is -4.55. The second-order valence-corrected chi connectivity index (χ2v) is 8.05. The van der Waals surface area contributed by atoms with E-state index in [4.69, 9.17) is 10.5 Å². The van der Waals surface area contributed by atoms with E-state index in [1.165, 1.54) is 28.7 Å². The molecule has 3 N–H and O–H groups in total. The number of nitrogens with zero attached hydrogens (tertiary/aromatic N) is 6. The van der Waals surface area contributed by atoms with Crippen molar-refractivity contribution in [3.05, 3.63) is 54.6 Å². The highest BCUT2D eigenvalue weighted by Crippen LogP contribution is 2.36. The number of hydrogen-bond acceptors (Lipinski definition) is 7. The van der Waals surface area contributed by atoms with Gasteiger partial charge in [-0.15, -0.1) is 0 Å². The largest absolute Gasteiger partial charge is 0.496 e. The Morgan fingerprint density at radius 3 is 2.83 bits per heavy atom. The van der Waals surface area contributed by atoms with E-state index >= 15 is 0 Å². The molecule has 1 aromatic carbocycles. The average molecular weight is 482 g/mol. The number of halogens is 2. The molecule has 5 rings (SSSR count). The molecule has 0 saturated carbocycles. The van der Waals surface area contributed by atoms with E-state index in [1.807, 2.05) is 0 Å². The van der Waals surface area contributed by atoms with Crippen LogP contribution in [0, 0.1) is 0 Å². The first-order valence-electron chi connectivity index (χ1n) is 10.5. The van der Waals surface area contributed by atoms with Crippen LogP contribution in [0.2, 0.25) is 0 Å². The number of alkyl halides is 2. The van der Waals surface area contributed by atoms with Crippen LogP contribution >= 0.6 is 0 Å². The summed E-state index contributed by atoms with van der Waals surface area (Å²) in [5.74, 6) is -3.46. The van der Waals surface area contributed by atoms with Crippen LogP contribution in [0.3, 0.4) is 0 Å². The Balaban J connectivity index is 1.49. The number of nitrogens with two attached hydrogens (primary N) is 1. The van der Waals surface area contributed by atoms with Crippen LogP contribution in [0.4, 0.5) is 20.2 Å². The molecule has 0 radical (unpaired) electrons. The van der Waals surface area contributed by atoms with Gasteiger partial charge in [0.15, 0.2) is 5.65 Å². The minimum Gasteiger partial charge on any atom is -0.496 e. The molecule has 1 fully saturated rings.